The summed E-state index contributed by atoms with van der Waals surface area (Å²) in [6, 6.07) is 11.5. The van der Waals surface area contributed by atoms with Crippen LogP contribution in [0.25, 0.3) is 0 Å². The summed E-state index contributed by atoms with van der Waals surface area (Å²) >= 11 is 0. The highest BCUT2D eigenvalue weighted by molar-refractivity contribution is 5.22. The molecule has 0 aliphatic carbocycles. The maximum Gasteiger partial charge on any atom is 0.0141 e. The van der Waals surface area contributed by atoms with Gasteiger partial charge in [-0.3, -0.25) is 0 Å². The van der Waals surface area contributed by atoms with Crippen molar-refractivity contribution in [3.05, 3.63) is 48.6 Å². The van der Waals surface area contributed by atoms with Gasteiger partial charge in [-0.25, -0.2) is 0 Å². The molecule has 1 aromatic carbocycles. The Hall–Kier alpha value is -1.08. The van der Waals surface area contributed by atoms with E-state index in [1.165, 1.54) is 24.8 Å². The average Bonchev–Trinajstić information content (AvgIpc) is 2.50. The van der Waals surface area contributed by atoms with Crippen LogP contribution in [0.2, 0.25) is 0 Å². The predicted molar refractivity (Wildman–Crippen MR) is 90.2 cm³/mol. The summed E-state index contributed by atoms with van der Waals surface area (Å²) in [5.74, 6) is 1.28. The van der Waals surface area contributed by atoms with Gasteiger partial charge in [0.25, 0.3) is 0 Å². The average molecular weight is 273 g/mol. The van der Waals surface area contributed by atoms with Gasteiger partial charge in [0, 0.05) is 12.0 Å². The third-order valence-electron chi connectivity index (χ3n) is 4.21. The van der Waals surface area contributed by atoms with Crippen molar-refractivity contribution in [3.8, 4) is 0 Å². The third kappa shape index (κ3) is 5.13. The Morgan fingerprint density at radius 3 is 2.45 bits per heavy atom. The van der Waals surface area contributed by atoms with Crippen LogP contribution in [0.5, 0.6) is 0 Å². The molecule has 0 heterocycles. The van der Waals surface area contributed by atoms with Gasteiger partial charge in [0.2, 0.25) is 0 Å². The minimum atomic E-state index is 0.547. The van der Waals surface area contributed by atoms with Gasteiger partial charge in [0.1, 0.15) is 0 Å². The van der Waals surface area contributed by atoms with Crippen molar-refractivity contribution in [2.75, 3.05) is 6.54 Å². The van der Waals surface area contributed by atoms with E-state index in [1.54, 1.807) is 0 Å². The Balaban J connectivity index is 2.94. The van der Waals surface area contributed by atoms with E-state index in [4.69, 9.17) is 0 Å². The van der Waals surface area contributed by atoms with E-state index >= 15 is 0 Å². The van der Waals surface area contributed by atoms with Crippen molar-refractivity contribution in [1.82, 2.24) is 5.32 Å². The van der Waals surface area contributed by atoms with Crippen molar-refractivity contribution in [2.24, 2.45) is 5.92 Å². The summed E-state index contributed by atoms with van der Waals surface area (Å²) < 4.78 is 0. The van der Waals surface area contributed by atoms with Gasteiger partial charge in [0.15, 0.2) is 0 Å². The van der Waals surface area contributed by atoms with Crippen molar-refractivity contribution >= 4 is 0 Å². The van der Waals surface area contributed by atoms with Crippen molar-refractivity contribution in [2.45, 2.75) is 58.4 Å². The summed E-state index contributed by atoms with van der Waals surface area (Å²) in [6.07, 6.45) is 6.71. The maximum atomic E-state index is 3.88. The summed E-state index contributed by atoms with van der Waals surface area (Å²) in [6.45, 7) is 11.9. The molecule has 0 aliphatic heterocycles. The van der Waals surface area contributed by atoms with Crippen LogP contribution in [0.3, 0.4) is 0 Å². The van der Waals surface area contributed by atoms with Crippen LogP contribution < -0.4 is 5.32 Å². The summed E-state index contributed by atoms with van der Waals surface area (Å²) in [5.41, 5.74) is 1.47. The zero-order valence-corrected chi connectivity index (χ0v) is 13.4. The fourth-order valence-corrected chi connectivity index (χ4v) is 2.92. The molecule has 0 aliphatic rings. The number of rotatable bonds is 10. The van der Waals surface area contributed by atoms with Crippen LogP contribution in [0.1, 0.15) is 57.9 Å². The van der Waals surface area contributed by atoms with Gasteiger partial charge >= 0.3 is 0 Å². The first kappa shape index (κ1) is 17.0. The highest BCUT2D eigenvalue weighted by Gasteiger charge is 2.26. The Labute approximate surface area is 125 Å². The van der Waals surface area contributed by atoms with E-state index in [-0.39, 0.29) is 0 Å². The highest BCUT2D eigenvalue weighted by atomic mass is 14.9. The van der Waals surface area contributed by atoms with Crippen LogP contribution in [0, 0.1) is 5.92 Å². The topological polar surface area (TPSA) is 12.0 Å². The van der Waals surface area contributed by atoms with E-state index in [0.717, 1.165) is 13.0 Å². The van der Waals surface area contributed by atoms with Crippen LogP contribution in [-0.4, -0.2) is 12.6 Å². The Kier molecular flexibility index (Phi) is 8.29. The van der Waals surface area contributed by atoms with Gasteiger partial charge in [-0.2, -0.15) is 0 Å². The van der Waals surface area contributed by atoms with E-state index in [0.29, 0.717) is 17.9 Å². The quantitative estimate of drug-likeness (QED) is 0.581. The molecule has 112 valence electrons. The minimum absolute atomic E-state index is 0.547. The van der Waals surface area contributed by atoms with Crippen LogP contribution in [0.4, 0.5) is 0 Å². The lowest BCUT2D eigenvalue weighted by molar-refractivity contribution is 0.322. The molecule has 0 saturated heterocycles. The second kappa shape index (κ2) is 9.77. The van der Waals surface area contributed by atoms with Gasteiger partial charge in [-0.1, -0.05) is 63.6 Å². The van der Waals surface area contributed by atoms with Crippen LogP contribution in [0.15, 0.2) is 43.0 Å². The lowest BCUT2D eigenvalue weighted by atomic mass is 9.78. The molecule has 0 bridgehead atoms. The molecule has 0 amide bonds. The van der Waals surface area contributed by atoms with Crippen molar-refractivity contribution in [1.29, 1.82) is 0 Å². The monoisotopic (exact) mass is 273 g/mol. The summed E-state index contributed by atoms with van der Waals surface area (Å²) in [7, 11) is 0. The first-order chi connectivity index (χ1) is 9.74. The largest absolute Gasteiger partial charge is 0.313 e. The molecular formula is C19H31N. The molecule has 3 atom stereocenters. The van der Waals surface area contributed by atoms with Crippen LogP contribution in [-0.2, 0) is 0 Å². The molecular weight excluding hydrogens is 242 g/mol. The Morgan fingerprint density at radius 2 is 1.90 bits per heavy atom. The Morgan fingerprint density at radius 1 is 1.20 bits per heavy atom. The number of benzene rings is 1. The number of hydrogen-bond donors (Lipinski definition) is 1. The molecule has 0 spiro atoms. The van der Waals surface area contributed by atoms with Crippen molar-refractivity contribution in [3.63, 3.8) is 0 Å². The number of allylic oxidation sites excluding steroid dienone is 1. The zero-order valence-electron chi connectivity index (χ0n) is 13.4. The molecule has 1 heteroatoms. The normalized spacial score (nSPS) is 15.6. The lowest BCUT2D eigenvalue weighted by Crippen LogP contribution is -2.38. The lowest BCUT2D eigenvalue weighted by Gasteiger charge is -2.33. The highest BCUT2D eigenvalue weighted by Crippen LogP contribution is 2.32. The molecule has 0 radical (unpaired) electrons. The summed E-state index contributed by atoms with van der Waals surface area (Å²) in [4.78, 5) is 0. The second-order valence-electron chi connectivity index (χ2n) is 5.75. The van der Waals surface area contributed by atoms with E-state index < -0.39 is 0 Å². The van der Waals surface area contributed by atoms with Gasteiger partial charge in [-0.05, 0) is 37.3 Å². The van der Waals surface area contributed by atoms with Crippen molar-refractivity contribution < 1.29 is 0 Å². The van der Waals surface area contributed by atoms with E-state index in [1.807, 2.05) is 6.08 Å². The molecule has 1 rings (SSSR count). The number of hydrogen-bond acceptors (Lipinski definition) is 1. The van der Waals surface area contributed by atoms with Gasteiger partial charge in [-0.15, -0.1) is 6.58 Å². The smallest absolute Gasteiger partial charge is 0.0141 e. The Bertz CT molecular complexity index is 357. The fraction of sp³-hybridized carbons (Fsp3) is 0.579. The SMILES string of the molecule is C=CCCC(NCCC)C(c1ccccc1)C(C)CC. The second-order valence-corrected chi connectivity index (χ2v) is 5.75. The molecule has 3 unspecified atom stereocenters. The molecule has 0 aromatic heterocycles. The zero-order chi connectivity index (χ0) is 14.8. The minimum Gasteiger partial charge on any atom is -0.313 e. The molecule has 1 nitrogen and oxygen atoms in total. The number of nitrogens with one attached hydrogen (secondary N) is 1. The van der Waals surface area contributed by atoms with Gasteiger partial charge < -0.3 is 5.32 Å². The molecule has 1 aromatic rings. The van der Waals surface area contributed by atoms with Gasteiger partial charge in [0.05, 0.1) is 0 Å². The first-order valence-corrected chi connectivity index (χ1v) is 8.13. The molecule has 0 fully saturated rings. The maximum absolute atomic E-state index is 3.88. The molecule has 0 saturated carbocycles. The first-order valence-electron chi connectivity index (χ1n) is 8.13. The standard InChI is InChI=1S/C19H31N/c1-5-8-14-18(20-15-6-2)19(16(4)7-3)17-12-10-9-11-13-17/h5,9-13,16,18-20H,1,6-8,14-15H2,2-4H3. The molecule has 20 heavy (non-hydrogen) atoms. The van der Waals surface area contributed by atoms with Crippen LogP contribution >= 0.6 is 0 Å². The fourth-order valence-electron chi connectivity index (χ4n) is 2.92. The third-order valence-corrected chi connectivity index (χ3v) is 4.21. The predicted octanol–water partition coefficient (Wildman–Crippen LogP) is 5.15. The van der Waals surface area contributed by atoms with E-state index in [2.05, 4.69) is 63.0 Å². The molecule has 1 N–H and O–H groups in total. The van der Waals surface area contributed by atoms with E-state index in [9.17, 15) is 0 Å². The summed E-state index contributed by atoms with van der Waals surface area (Å²) in [5, 5.41) is 3.77.